The molecular weight excluding hydrogens is 314 g/mol. The normalized spacial score (nSPS) is 38.0. The Bertz CT molecular complexity index is 800. The average molecular weight is 339 g/mol. The average Bonchev–Trinajstić information content (AvgIpc) is 3.09. The van der Waals surface area contributed by atoms with Crippen LogP contribution in [-0.2, 0) is 10.2 Å². The quantitative estimate of drug-likeness (QED) is 0.675. The highest BCUT2D eigenvalue weighted by atomic mass is 16.5. The fourth-order valence-corrected chi connectivity index (χ4v) is 5.56. The Morgan fingerprint density at radius 2 is 1.96 bits per heavy atom. The van der Waals surface area contributed by atoms with Gasteiger partial charge in [0.25, 0.3) is 0 Å². The summed E-state index contributed by atoms with van der Waals surface area (Å²) in [4.78, 5) is 13.3. The summed E-state index contributed by atoms with van der Waals surface area (Å²) in [7, 11) is 0. The van der Waals surface area contributed by atoms with Gasteiger partial charge in [-0.1, -0.05) is 32.0 Å². The molecule has 0 amide bonds. The van der Waals surface area contributed by atoms with Gasteiger partial charge in [0.15, 0.2) is 5.78 Å². The van der Waals surface area contributed by atoms with E-state index in [1.165, 1.54) is 5.56 Å². The zero-order valence-corrected chi connectivity index (χ0v) is 15.0. The number of para-hydroxylation sites is 1. The number of Topliss-reactive ketones (excluding diaryl/α,β-unsaturated/α-hetero) is 1. The number of fused-ring (bicyclic) bond motifs is 5. The van der Waals surface area contributed by atoms with Crippen LogP contribution in [0.4, 0.5) is 0 Å². The predicted octanol–water partition coefficient (Wildman–Crippen LogP) is 2.00. The van der Waals surface area contributed by atoms with Gasteiger partial charge in [-0.25, -0.2) is 5.43 Å². The van der Waals surface area contributed by atoms with Gasteiger partial charge in [-0.3, -0.25) is 10.2 Å². The lowest BCUT2D eigenvalue weighted by atomic mass is 9.57. The Morgan fingerprint density at radius 1 is 1.16 bits per heavy atom. The molecule has 0 aromatic heterocycles. The summed E-state index contributed by atoms with van der Waals surface area (Å²) in [5.41, 5.74) is 9.65. The third-order valence-electron chi connectivity index (χ3n) is 6.41. The van der Waals surface area contributed by atoms with Crippen molar-refractivity contribution in [2.24, 2.45) is 11.3 Å². The van der Waals surface area contributed by atoms with Crippen LogP contribution >= 0.6 is 0 Å². The third kappa shape index (κ3) is 1.94. The number of hydrogen-bond donors (Lipinski definition) is 3. The topological polar surface area (TPSA) is 62.4 Å². The maximum Gasteiger partial charge on any atom is 0.162 e. The van der Waals surface area contributed by atoms with E-state index < -0.39 is 0 Å². The van der Waals surface area contributed by atoms with Crippen LogP contribution in [0.15, 0.2) is 35.5 Å². The van der Waals surface area contributed by atoms with E-state index in [9.17, 15) is 4.79 Å². The van der Waals surface area contributed by atoms with Crippen molar-refractivity contribution < 1.29 is 9.53 Å². The maximum absolute atomic E-state index is 13.3. The van der Waals surface area contributed by atoms with Crippen molar-refractivity contribution in [3.8, 4) is 5.75 Å². The summed E-state index contributed by atoms with van der Waals surface area (Å²) < 4.78 is 6.13. The van der Waals surface area contributed by atoms with Gasteiger partial charge in [0.2, 0.25) is 0 Å². The molecule has 5 nitrogen and oxygen atoms in total. The number of allylic oxidation sites excluding steroid dienone is 1. The molecule has 1 saturated heterocycles. The van der Waals surface area contributed by atoms with Crippen molar-refractivity contribution in [3.05, 3.63) is 41.1 Å². The van der Waals surface area contributed by atoms with E-state index in [0.29, 0.717) is 13.0 Å². The van der Waals surface area contributed by atoms with Crippen molar-refractivity contribution in [2.45, 2.75) is 51.2 Å². The molecule has 0 radical (unpaired) electrons. The number of carbonyl (C=O) groups is 1. The van der Waals surface area contributed by atoms with Crippen LogP contribution in [0.3, 0.4) is 0 Å². The molecule has 1 spiro atoms. The summed E-state index contributed by atoms with van der Waals surface area (Å²) in [6, 6.07) is 8.48. The van der Waals surface area contributed by atoms with E-state index in [0.717, 1.165) is 23.4 Å². The molecule has 0 saturated carbocycles. The molecule has 4 unspecified atom stereocenters. The van der Waals surface area contributed by atoms with Crippen molar-refractivity contribution in [2.75, 3.05) is 6.61 Å². The van der Waals surface area contributed by atoms with Gasteiger partial charge < -0.3 is 10.1 Å². The first-order valence-corrected chi connectivity index (χ1v) is 9.19. The first-order valence-electron chi connectivity index (χ1n) is 9.19. The minimum Gasteiger partial charge on any atom is -0.492 e. The number of benzene rings is 1. The monoisotopic (exact) mass is 339 g/mol. The second-order valence-electron chi connectivity index (χ2n) is 8.78. The molecule has 4 aliphatic rings. The molecule has 3 aliphatic heterocycles. The van der Waals surface area contributed by atoms with E-state index in [4.69, 9.17) is 4.74 Å². The molecule has 0 bridgehead atoms. The summed E-state index contributed by atoms with van der Waals surface area (Å²) in [6.07, 6.45) is 1.60. The van der Waals surface area contributed by atoms with Gasteiger partial charge in [-0.05, 0) is 24.8 Å². The molecule has 5 heteroatoms. The Kier molecular flexibility index (Phi) is 3.00. The van der Waals surface area contributed by atoms with Gasteiger partial charge in [-0.2, -0.15) is 0 Å². The number of hydrazine groups is 1. The molecule has 132 valence electrons. The van der Waals surface area contributed by atoms with Crippen LogP contribution in [-0.4, -0.2) is 24.6 Å². The van der Waals surface area contributed by atoms with Crippen LogP contribution in [0, 0.1) is 11.3 Å². The highest BCUT2D eigenvalue weighted by Crippen LogP contribution is 2.56. The van der Waals surface area contributed by atoms with Crippen molar-refractivity contribution in [3.63, 3.8) is 0 Å². The van der Waals surface area contributed by atoms with Gasteiger partial charge >= 0.3 is 0 Å². The van der Waals surface area contributed by atoms with Crippen molar-refractivity contribution in [1.29, 1.82) is 0 Å². The summed E-state index contributed by atoms with van der Waals surface area (Å²) in [6.45, 7) is 7.09. The van der Waals surface area contributed by atoms with E-state index in [1.807, 2.05) is 12.1 Å². The summed E-state index contributed by atoms with van der Waals surface area (Å²) in [5, 5.41) is 3.65. The number of hydrogen-bond acceptors (Lipinski definition) is 5. The minimum atomic E-state index is -0.370. The van der Waals surface area contributed by atoms with E-state index in [1.54, 1.807) is 0 Å². The largest absolute Gasteiger partial charge is 0.492 e. The lowest BCUT2D eigenvalue weighted by Crippen LogP contribution is -2.60. The van der Waals surface area contributed by atoms with Crippen LogP contribution in [0.5, 0.6) is 5.75 Å². The Morgan fingerprint density at radius 3 is 2.80 bits per heavy atom. The van der Waals surface area contributed by atoms with Crippen LogP contribution in [0.2, 0.25) is 0 Å². The molecule has 1 aromatic carbocycles. The van der Waals surface area contributed by atoms with E-state index in [-0.39, 0.29) is 34.7 Å². The number of rotatable bonds is 0. The van der Waals surface area contributed by atoms with Crippen LogP contribution in [0.1, 0.15) is 39.2 Å². The number of ether oxygens (including phenoxy) is 1. The molecule has 5 rings (SSSR count). The molecule has 4 atom stereocenters. The second-order valence-corrected chi connectivity index (χ2v) is 8.78. The molecule has 25 heavy (non-hydrogen) atoms. The standard InChI is InChI=1S/C20H25N3O2/c1-11-16-18(23-22-11)21-13-8-19(2,3)9-14(24)17(13)20(16)10-25-15-7-5-4-6-12(15)20/h4-7,11,16,18,21-23H,8-10H2,1-3H3. The number of ketones is 1. The fraction of sp³-hybridized carbons (Fsp3) is 0.550. The summed E-state index contributed by atoms with van der Waals surface area (Å²) >= 11 is 0. The van der Waals surface area contributed by atoms with Gasteiger partial charge in [-0.15, -0.1) is 0 Å². The fourth-order valence-electron chi connectivity index (χ4n) is 5.56. The first-order chi connectivity index (χ1) is 11.9. The third-order valence-corrected chi connectivity index (χ3v) is 6.41. The highest BCUT2D eigenvalue weighted by molar-refractivity contribution is 6.01. The number of carbonyl (C=O) groups excluding carboxylic acids is 1. The Balaban J connectivity index is 1.78. The Hall–Kier alpha value is -1.85. The van der Waals surface area contributed by atoms with Crippen molar-refractivity contribution in [1.82, 2.24) is 16.2 Å². The molecular formula is C20H25N3O2. The molecule has 3 N–H and O–H groups in total. The molecule has 3 heterocycles. The van der Waals surface area contributed by atoms with Crippen molar-refractivity contribution >= 4 is 5.78 Å². The highest BCUT2D eigenvalue weighted by Gasteiger charge is 2.61. The van der Waals surface area contributed by atoms with E-state index >= 15 is 0 Å². The van der Waals surface area contributed by atoms with Gasteiger partial charge in [0.05, 0.1) is 11.6 Å². The smallest absolute Gasteiger partial charge is 0.162 e. The van der Waals surface area contributed by atoms with Gasteiger partial charge in [0.1, 0.15) is 12.4 Å². The molecule has 1 aliphatic carbocycles. The lowest BCUT2D eigenvalue weighted by Gasteiger charge is -2.49. The number of nitrogens with one attached hydrogen (secondary N) is 3. The van der Waals surface area contributed by atoms with Crippen LogP contribution in [0.25, 0.3) is 0 Å². The second kappa shape index (κ2) is 4.86. The maximum atomic E-state index is 13.3. The zero-order valence-electron chi connectivity index (χ0n) is 15.0. The Labute approximate surface area is 148 Å². The van der Waals surface area contributed by atoms with Gasteiger partial charge in [0, 0.05) is 35.2 Å². The zero-order chi connectivity index (χ0) is 17.4. The first kappa shape index (κ1) is 15.4. The predicted molar refractivity (Wildman–Crippen MR) is 94.8 cm³/mol. The molecule has 1 fully saturated rings. The summed E-state index contributed by atoms with van der Waals surface area (Å²) in [5.74, 6) is 1.42. The van der Waals surface area contributed by atoms with Crippen LogP contribution < -0.4 is 20.9 Å². The minimum absolute atomic E-state index is 0.00638. The lowest BCUT2D eigenvalue weighted by molar-refractivity contribution is -0.119. The van der Waals surface area contributed by atoms with E-state index in [2.05, 4.69) is 49.1 Å². The SMILES string of the molecule is CC1NNC2NC3=C(C(=O)CC(C)(C)C3)C3(COc4ccccc43)C12. The molecule has 1 aromatic rings.